The van der Waals surface area contributed by atoms with Crippen molar-refractivity contribution in [3.05, 3.63) is 95.0 Å². The van der Waals surface area contributed by atoms with Crippen LogP contribution in [0, 0.1) is 0 Å². The summed E-state index contributed by atoms with van der Waals surface area (Å²) in [6, 6.07) is 25.1. The maximum absolute atomic E-state index is 10.7. The van der Waals surface area contributed by atoms with E-state index in [-0.39, 0.29) is 12.7 Å². The lowest BCUT2D eigenvalue weighted by Gasteiger charge is -2.27. The fourth-order valence-electron chi connectivity index (χ4n) is 3.92. The third-order valence-corrected chi connectivity index (χ3v) is 5.82. The molecule has 0 aromatic heterocycles. The molecule has 1 aliphatic rings. The SMILES string of the molecule is COc1cccc(CN(C[C@H](O)COc2ccccc2)C[C@@H]2CC(c3ccc(Cl)cc3)=NO2)c1. The van der Waals surface area contributed by atoms with Gasteiger partial charge in [-0.3, -0.25) is 4.90 Å². The third-order valence-electron chi connectivity index (χ3n) is 5.57. The van der Waals surface area contributed by atoms with Crippen LogP contribution in [0.2, 0.25) is 5.02 Å². The minimum Gasteiger partial charge on any atom is -0.497 e. The number of hydrogen-bond acceptors (Lipinski definition) is 6. The molecular weight excluding hydrogens is 452 g/mol. The smallest absolute Gasteiger partial charge is 0.145 e. The molecule has 0 saturated carbocycles. The number of aliphatic hydroxyl groups is 1. The summed E-state index contributed by atoms with van der Waals surface area (Å²) in [5.74, 6) is 1.54. The molecule has 0 bridgehead atoms. The molecule has 0 unspecified atom stereocenters. The molecule has 2 atom stereocenters. The number of ether oxygens (including phenoxy) is 2. The van der Waals surface area contributed by atoms with Crippen LogP contribution in [0.1, 0.15) is 17.5 Å². The van der Waals surface area contributed by atoms with Crippen molar-refractivity contribution in [3.8, 4) is 11.5 Å². The van der Waals surface area contributed by atoms with Crippen LogP contribution in [0.5, 0.6) is 11.5 Å². The number of benzene rings is 3. The lowest BCUT2D eigenvalue weighted by molar-refractivity contribution is 0.0213. The second kappa shape index (κ2) is 11.9. The minimum atomic E-state index is -0.663. The molecule has 0 fully saturated rings. The van der Waals surface area contributed by atoms with Crippen LogP contribution in [0.15, 0.2) is 84.0 Å². The van der Waals surface area contributed by atoms with E-state index >= 15 is 0 Å². The molecule has 0 saturated heterocycles. The maximum atomic E-state index is 10.7. The Kier molecular flexibility index (Phi) is 8.41. The molecule has 0 spiro atoms. The number of methoxy groups -OCH3 is 1. The Hall–Kier alpha value is -3.06. The van der Waals surface area contributed by atoms with Crippen LogP contribution < -0.4 is 9.47 Å². The Morgan fingerprint density at radius 1 is 1.06 bits per heavy atom. The second-order valence-electron chi connectivity index (χ2n) is 8.30. The maximum Gasteiger partial charge on any atom is 0.145 e. The average Bonchev–Trinajstić information content (AvgIpc) is 3.32. The molecule has 1 heterocycles. The quantitative estimate of drug-likeness (QED) is 0.427. The summed E-state index contributed by atoms with van der Waals surface area (Å²) in [6.45, 7) is 1.88. The van der Waals surface area contributed by atoms with Crippen molar-refractivity contribution >= 4 is 17.3 Å². The van der Waals surface area contributed by atoms with Gasteiger partial charge in [-0.2, -0.15) is 0 Å². The number of hydrogen-bond donors (Lipinski definition) is 1. The molecule has 178 valence electrons. The van der Waals surface area contributed by atoms with Gasteiger partial charge in [0.1, 0.15) is 30.3 Å². The first kappa shape index (κ1) is 24.1. The molecule has 34 heavy (non-hydrogen) atoms. The summed E-state index contributed by atoms with van der Waals surface area (Å²) in [6.07, 6.45) is -0.0882. The van der Waals surface area contributed by atoms with E-state index in [4.69, 9.17) is 25.9 Å². The van der Waals surface area contributed by atoms with Gasteiger partial charge in [-0.05, 0) is 47.5 Å². The van der Waals surface area contributed by atoms with Gasteiger partial charge in [0.2, 0.25) is 0 Å². The molecule has 0 aliphatic carbocycles. The fraction of sp³-hybridized carbons (Fsp3) is 0.296. The summed E-state index contributed by atoms with van der Waals surface area (Å²) in [5.41, 5.74) is 2.99. The number of rotatable bonds is 11. The number of aliphatic hydroxyl groups excluding tert-OH is 1. The molecule has 6 nitrogen and oxygen atoms in total. The van der Waals surface area contributed by atoms with E-state index in [1.807, 2.05) is 78.9 Å². The zero-order valence-electron chi connectivity index (χ0n) is 19.1. The Balaban J connectivity index is 1.39. The van der Waals surface area contributed by atoms with Crippen LogP contribution in [0.3, 0.4) is 0 Å². The van der Waals surface area contributed by atoms with Gasteiger partial charge in [0.15, 0.2) is 0 Å². The monoisotopic (exact) mass is 480 g/mol. The third kappa shape index (κ3) is 6.97. The van der Waals surface area contributed by atoms with Crippen LogP contribution in [0.25, 0.3) is 0 Å². The molecule has 3 aromatic carbocycles. The van der Waals surface area contributed by atoms with E-state index in [0.717, 1.165) is 28.3 Å². The molecule has 1 N–H and O–H groups in total. The van der Waals surface area contributed by atoms with Crippen LogP contribution >= 0.6 is 11.6 Å². The summed E-state index contributed by atoms with van der Waals surface area (Å²) in [7, 11) is 1.66. The first-order chi connectivity index (χ1) is 16.6. The van der Waals surface area contributed by atoms with Gasteiger partial charge in [-0.15, -0.1) is 0 Å². The van der Waals surface area contributed by atoms with E-state index in [1.165, 1.54) is 0 Å². The van der Waals surface area contributed by atoms with Crippen LogP contribution in [-0.2, 0) is 11.4 Å². The highest BCUT2D eigenvalue weighted by atomic mass is 35.5. The van der Waals surface area contributed by atoms with Crippen molar-refractivity contribution in [1.29, 1.82) is 0 Å². The Bertz CT molecular complexity index is 1080. The van der Waals surface area contributed by atoms with Gasteiger partial charge >= 0.3 is 0 Å². The van der Waals surface area contributed by atoms with Crippen molar-refractivity contribution in [1.82, 2.24) is 4.90 Å². The highest BCUT2D eigenvalue weighted by molar-refractivity contribution is 6.30. The molecule has 1 aliphatic heterocycles. The van der Waals surface area contributed by atoms with E-state index < -0.39 is 6.10 Å². The van der Waals surface area contributed by atoms with Crippen molar-refractivity contribution in [2.75, 3.05) is 26.8 Å². The predicted octanol–water partition coefficient (Wildman–Crippen LogP) is 4.78. The Morgan fingerprint density at radius 3 is 2.59 bits per heavy atom. The Morgan fingerprint density at radius 2 is 1.82 bits per heavy atom. The van der Waals surface area contributed by atoms with Crippen LogP contribution in [0.4, 0.5) is 0 Å². The predicted molar refractivity (Wildman–Crippen MR) is 134 cm³/mol. The zero-order chi connectivity index (χ0) is 23.8. The highest BCUT2D eigenvalue weighted by Gasteiger charge is 2.26. The number of halogens is 1. The molecule has 7 heteroatoms. The second-order valence-corrected chi connectivity index (χ2v) is 8.74. The molecule has 4 rings (SSSR count). The largest absolute Gasteiger partial charge is 0.497 e. The van der Waals surface area contributed by atoms with Gasteiger partial charge in [0.25, 0.3) is 0 Å². The number of oxime groups is 1. The van der Waals surface area contributed by atoms with E-state index in [2.05, 4.69) is 10.1 Å². The summed E-state index contributed by atoms with van der Waals surface area (Å²) in [4.78, 5) is 7.92. The highest BCUT2D eigenvalue weighted by Crippen LogP contribution is 2.21. The van der Waals surface area contributed by atoms with Crippen molar-refractivity contribution in [2.45, 2.75) is 25.2 Å². The normalized spacial score (nSPS) is 16.1. The lowest BCUT2D eigenvalue weighted by Crippen LogP contribution is -2.39. The minimum absolute atomic E-state index is 0.112. The molecule has 0 radical (unpaired) electrons. The van der Waals surface area contributed by atoms with Gasteiger partial charge in [-0.1, -0.05) is 59.2 Å². The summed E-state index contributed by atoms with van der Waals surface area (Å²) >= 11 is 6.01. The van der Waals surface area contributed by atoms with E-state index in [0.29, 0.717) is 31.1 Å². The van der Waals surface area contributed by atoms with Gasteiger partial charge in [0.05, 0.1) is 12.8 Å². The van der Waals surface area contributed by atoms with Crippen LogP contribution in [-0.4, -0.2) is 54.7 Å². The summed E-state index contributed by atoms with van der Waals surface area (Å²) < 4.78 is 11.1. The molecule has 0 amide bonds. The average molecular weight is 481 g/mol. The Labute approximate surface area is 205 Å². The van der Waals surface area contributed by atoms with Crippen molar-refractivity contribution in [2.24, 2.45) is 5.16 Å². The van der Waals surface area contributed by atoms with Crippen molar-refractivity contribution < 1.29 is 19.4 Å². The summed E-state index contributed by atoms with van der Waals surface area (Å²) in [5, 5.41) is 15.7. The van der Waals surface area contributed by atoms with Gasteiger partial charge in [0, 0.05) is 31.1 Å². The first-order valence-electron chi connectivity index (χ1n) is 11.3. The van der Waals surface area contributed by atoms with E-state index in [9.17, 15) is 5.11 Å². The number of para-hydroxylation sites is 1. The topological polar surface area (TPSA) is 63.5 Å². The zero-order valence-corrected chi connectivity index (χ0v) is 19.9. The van der Waals surface area contributed by atoms with Gasteiger partial charge < -0.3 is 19.4 Å². The standard InChI is InChI=1S/C27H29ClN2O4/c1-32-25-9-5-6-20(14-25)16-30(17-23(31)19-33-24-7-3-2-4-8-24)18-26-15-27(29-34-26)21-10-12-22(28)13-11-21/h2-14,23,26,31H,15-19H2,1H3/t23-,26-/m0/s1. The fourth-order valence-corrected chi connectivity index (χ4v) is 4.05. The van der Waals surface area contributed by atoms with Crippen molar-refractivity contribution in [3.63, 3.8) is 0 Å². The molecular formula is C27H29ClN2O4. The molecule has 3 aromatic rings. The van der Waals surface area contributed by atoms with Gasteiger partial charge in [-0.25, -0.2) is 0 Å². The lowest BCUT2D eigenvalue weighted by atomic mass is 10.0. The number of nitrogens with zero attached hydrogens (tertiary/aromatic N) is 2. The van der Waals surface area contributed by atoms with E-state index in [1.54, 1.807) is 7.11 Å². The first-order valence-corrected chi connectivity index (χ1v) is 11.7.